The van der Waals surface area contributed by atoms with Crippen LogP contribution in [0.4, 0.5) is 0 Å². The van der Waals surface area contributed by atoms with E-state index in [4.69, 9.17) is 4.74 Å². The van der Waals surface area contributed by atoms with Crippen molar-refractivity contribution in [3.8, 4) is 0 Å². The zero-order chi connectivity index (χ0) is 14.5. The standard InChI is InChI=1S/C15H27NO3/c1-5-8-9-16-10-12(6-2)13(17)15(4,11-16)14(18)19-7-3/h12H,5-11H2,1-4H3. The molecule has 4 heteroatoms. The molecule has 4 nitrogen and oxygen atoms in total. The van der Waals surface area contributed by atoms with Gasteiger partial charge in [-0.25, -0.2) is 0 Å². The molecule has 0 saturated carbocycles. The van der Waals surface area contributed by atoms with Gasteiger partial charge in [0.1, 0.15) is 5.41 Å². The second-order valence-corrected chi connectivity index (χ2v) is 5.61. The van der Waals surface area contributed by atoms with Gasteiger partial charge in [0, 0.05) is 19.0 Å². The van der Waals surface area contributed by atoms with Crippen LogP contribution in [-0.2, 0) is 14.3 Å². The summed E-state index contributed by atoms with van der Waals surface area (Å²) in [5, 5.41) is 0. The Morgan fingerprint density at radius 2 is 2.11 bits per heavy atom. The molecule has 1 saturated heterocycles. The summed E-state index contributed by atoms with van der Waals surface area (Å²) in [6.07, 6.45) is 3.01. The van der Waals surface area contributed by atoms with E-state index >= 15 is 0 Å². The highest BCUT2D eigenvalue weighted by atomic mass is 16.5. The molecule has 0 amide bonds. The summed E-state index contributed by atoms with van der Waals surface area (Å²) in [6.45, 7) is 10.2. The van der Waals surface area contributed by atoms with Crippen LogP contribution in [0.2, 0.25) is 0 Å². The van der Waals surface area contributed by atoms with Crippen LogP contribution in [0.15, 0.2) is 0 Å². The normalized spacial score (nSPS) is 28.4. The SMILES string of the molecule is CCCCN1CC(CC)C(=O)C(C)(C(=O)OCC)C1. The van der Waals surface area contributed by atoms with Crippen LogP contribution in [0.1, 0.15) is 47.0 Å². The number of carbonyl (C=O) groups is 2. The lowest BCUT2D eigenvalue weighted by Crippen LogP contribution is -2.56. The fourth-order valence-electron chi connectivity index (χ4n) is 2.76. The summed E-state index contributed by atoms with van der Waals surface area (Å²) >= 11 is 0. The first kappa shape index (κ1) is 16.2. The maximum atomic E-state index is 12.5. The maximum Gasteiger partial charge on any atom is 0.320 e. The van der Waals surface area contributed by atoms with Crippen LogP contribution in [0, 0.1) is 11.3 Å². The molecule has 0 bridgehead atoms. The lowest BCUT2D eigenvalue weighted by Gasteiger charge is -2.41. The van der Waals surface area contributed by atoms with Crippen molar-refractivity contribution in [3.63, 3.8) is 0 Å². The van der Waals surface area contributed by atoms with Gasteiger partial charge in [0.2, 0.25) is 0 Å². The highest BCUT2D eigenvalue weighted by molar-refractivity contribution is 6.05. The molecule has 2 unspecified atom stereocenters. The lowest BCUT2D eigenvalue weighted by molar-refractivity contribution is -0.165. The molecule has 0 N–H and O–H groups in total. The molecule has 1 aliphatic heterocycles. The van der Waals surface area contributed by atoms with Crippen molar-refractivity contribution in [1.29, 1.82) is 0 Å². The minimum Gasteiger partial charge on any atom is -0.465 e. The molecule has 110 valence electrons. The van der Waals surface area contributed by atoms with E-state index in [1.165, 1.54) is 0 Å². The zero-order valence-corrected chi connectivity index (χ0v) is 12.7. The summed E-state index contributed by atoms with van der Waals surface area (Å²) < 4.78 is 5.11. The topological polar surface area (TPSA) is 46.6 Å². The number of ether oxygens (including phenoxy) is 1. The molecule has 0 aromatic carbocycles. The van der Waals surface area contributed by atoms with Gasteiger partial charge in [0.25, 0.3) is 0 Å². The predicted octanol–water partition coefficient (Wildman–Crippen LogP) is 2.27. The Morgan fingerprint density at radius 3 is 2.63 bits per heavy atom. The van der Waals surface area contributed by atoms with E-state index in [1.807, 2.05) is 6.92 Å². The molecule has 0 spiro atoms. The molecular weight excluding hydrogens is 242 g/mol. The van der Waals surface area contributed by atoms with E-state index in [0.717, 1.165) is 32.4 Å². The fourth-order valence-corrected chi connectivity index (χ4v) is 2.76. The van der Waals surface area contributed by atoms with Crippen molar-refractivity contribution < 1.29 is 14.3 Å². The largest absolute Gasteiger partial charge is 0.465 e. The van der Waals surface area contributed by atoms with Gasteiger partial charge in [-0.05, 0) is 33.2 Å². The number of likely N-dealkylation sites (tertiary alicyclic amines) is 1. The summed E-state index contributed by atoms with van der Waals surface area (Å²) in [4.78, 5) is 26.9. The van der Waals surface area contributed by atoms with E-state index in [0.29, 0.717) is 13.2 Å². The van der Waals surface area contributed by atoms with Gasteiger partial charge < -0.3 is 9.64 Å². The second-order valence-electron chi connectivity index (χ2n) is 5.61. The minimum absolute atomic E-state index is 0.0417. The number of ketones is 1. The van der Waals surface area contributed by atoms with Gasteiger partial charge in [-0.3, -0.25) is 9.59 Å². The van der Waals surface area contributed by atoms with Crippen LogP contribution in [0.25, 0.3) is 0 Å². The third kappa shape index (κ3) is 3.56. The third-order valence-electron chi connectivity index (χ3n) is 3.98. The molecule has 19 heavy (non-hydrogen) atoms. The lowest BCUT2D eigenvalue weighted by atomic mass is 9.74. The summed E-state index contributed by atoms with van der Waals surface area (Å²) in [7, 11) is 0. The number of hydrogen-bond donors (Lipinski definition) is 0. The van der Waals surface area contributed by atoms with E-state index in [-0.39, 0.29) is 17.7 Å². The Hall–Kier alpha value is -0.900. The van der Waals surface area contributed by atoms with Crippen molar-refractivity contribution >= 4 is 11.8 Å². The van der Waals surface area contributed by atoms with Crippen LogP contribution >= 0.6 is 0 Å². The Kier molecular flexibility index (Phi) is 5.98. The molecule has 0 aliphatic carbocycles. The smallest absolute Gasteiger partial charge is 0.320 e. The second kappa shape index (κ2) is 7.04. The molecule has 0 aromatic heterocycles. The molecule has 1 aliphatic rings. The summed E-state index contributed by atoms with van der Waals surface area (Å²) in [6, 6.07) is 0. The van der Waals surface area contributed by atoms with Crippen LogP contribution in [0.3, 0.4) is 0 Å². The van der Waals surface area contributed by atoms with Crippen LogP contribution in [-0.4, -0.2) is 42.9 Å². The minimum atomic E-state index is -0.983. The average Bonchev–Trinajstić information content (AvgIpc) is 2.40. The average molecular weight is 269 g/mol. The highest BCUT2D eigenvalue weighted by Gasteiger charge is 2.49. The Labute approximate surface area is 116 Å². The van der Waals surface area contributed by atoms with Crippen LogP contribution in [0.5, 0.6) is 0 Å². The number of carbonyl (C=O) groups excluding carboxylic acids is 2. The molecule has 1 rings (SSSR count). The Bertz CT molecular complexity index is 329. The molecule has 0 aromatic rings. The Balaban J connectivity index is 2.86. The maximum absolute atomic E-state index is 12.5. The van der Waals surface area contributed by atoms with Crippen molar-refractivity contribution in [2.24, 2.45) is 11.3 Å². The molecule has 1 fully saturated rings. The van der Waals surface area contributed by atoms with Crippen molar-refractivity contribution in [1.82, 2.24) is 4.90 Å². The quantitative estimate of drug-likeness (QED) is 0.548. The van der Waals surface area contributed by atoms with E-state index in [2.05, 4.69) is 11.8 Å². The predicted molar refractivity (Wildman–Crippen MR) is 74.9 cm³/mol. The molecule has 2 atom stereocenters. The van der Waals surface area contributed by atoms with E-state index in [9.17, 15) is 9.59 Å². The van der Waals surface area contributed by atoms with Gasteiger partial charge >= 0.3 is 5.97 Å². The number of hydrogen-bond acceptors (Lipinski definition) is 4. The van der Waals surface area contributed by atoms with Gasteiger partial charge in [0.15, 0.2) is 5.78 Å². The van der Waals surface area contributed by atoms with Crippen molar-refractivity contribution in [2.75, 3.05) is 26.2 Å². The van der Waals surface area contributed by atoms with Gasteiger partial charge in [-0.15, -0.1) is 0 Å². The van der Waals surface area contributed by atoms with Crippen LogP contribution < -0.4 is 0 Å². The first-order chi connectivity index (χ1) is 8.99. The van der Waals surface area contributed by atoms with Crippen molar-refractivity contribution in [3.05, 3.63) is 0 Å². The molecule has 0 radical (unpaired) electrons. The first-order valence-corrected chi connectivity index (χ1v) is 7.43. The summed E-state index contributed by atoms with van der Waals surface area (Å²) in [5.41, 5.74) is -0.983. The third-order valence-corrected chi connectivity index (χ3v) is 3.98. The molecule has 1 heterocycles. The van der Waals surface area contributed by atoms with Gasteiger partial charge in [-0.2, -0.15) is 0 Å². The number of esters is 1. The fraction of sp³-hybridized carbons (Fsp3) is 0.867. The zero-order valence-electron chi connectivity index (χ0n) is 12.7. The van der Waals surface area contributed by atoms with E-state index < -0.39 is 5.41 Å². The van der Waals surface area contributed by atoms with Gasteiger partial charge in [-0.1, -0.05) is 20.3 Å². The van der Waals surface area contributed by atoms with E-state index in [1.54, 1.807) is 13.8 Å². The number of nitrogens with zero attached hydrogens (tertiary/aromatic N) is 1. The number of rotatable bonds is 6. The van der Waals surface area contributed by atoms with Gasteiger partial charge in [0.05, 0.1) is 6.61 Å². The monoisotopic (exact) mass is 269 g/mol. The molecular formula is C15H27NO3. The number of unbranched alkanes of at least 4 members (excludes halogenated alkanes) is 1. The first-order valence-electron chi connectivity index (χ1n) is 7.43. The number of Topliss-reactive ketones (excluding diaryl/α,β-unsaturated/α-hetero) is 1. The Morgan fingerprint density at radius 1 is 1.42 bits per heavy atom. The number of piperidine rings is 1. The highest BCUT2D eigenvalue weighted by Crippen LogP contribution is 2.32. The summed E-state index contributed by atoms with van der Waals surface area (Å²) in [5.74, 6) is -0.346. The van der Waals surface area contributed by atoms with Crippen molar-refractivity contribution in [2.45, 2.75) is 47.0 Å².